The van der Waals surface area contributed by atoms with E-state index in [1.165, 1.54) is 7.11 Å². The minimum atomic E-state index is -0.320. The van der Waals surface area contributed by atoms with Gasteiger partial charge in [0.15, 0.2) is 0 Å². The molecule has 0 bridgehead atoms. The maximum absolute atomic E-state index is 12.0. The highest BCUT2D eigenvalue weighted by Crippen LogP contribution is 2.28. The number of benzene rings is 2. The molecule has 0 aliphatic heterocycles. The van der Waals surface area contributed by atoms with E-state index in [0.29, 0.717) is 5.56 Å². The van der Waals surface area contributed by atoms with Crippen LogP contribution in [0.2, 0.25) is 0 Å². The minimum Gasteiger partial charge on any atom is -0.465 e. The summed E-state index contributed by atoms with van der Waals surface area (Å²) in [5, 5.41) is 0.893. The number of hydrogen-bond acceptors (Lipinski definition) is 2. The first kappa shape index (κ1) is 14.8. The third-order valence-corrected chi connectivity index (χ3v) is 4.26. The molecule has 0 aliphatic rings. The SMILES string of the molecule is COC(=O)c1cn(/C(I)=C\c2ccccc2)c2ccccc12. The molecule has 3 rings (SSSR count). The molecular formula is C18H14INO2. The predicted molar refractivity (Wildman–Crippen MR) is 97.9 cm³/mol. The number of ether oxygens (including phenoxy) is 1. The molecule has 0 aliphatic carbocycles. The highest BCUT2D eigenvalue weighted by atomic mass is 127. The Morgan fingerprint density at radius 1 is 1.09 bits per heavy atom. The second-order valence-electron chi connectivity index (χ2n) is 4.80. The lowest BCUT2D eigenvalue weighted by Crippen LogP contribution is -1.99. The Morgan fingerprint density at radius 3 is 2.50 bits per heavy atom. The number of carbonyl (C=O) groups excluding carboxylic acids is 1. The van der Waals surface area contributed by atoms with E-state index in [4.69, 9.17) is 4.74 Å². The van der Waals surface area contributed by atoms with E-state index in [1.807, 2.05) is 65.4 Å². The van der Waals surface area contributed by atoms with Gasteiger partial charge in [-0.2, -0.15) is 0 Å². The van der Waals surface area contributed by atoms with Gasteiger partial charge in [-0.05, 0) is 40.3 Å². The van der Waals surface area contributed by atoms with E-state index in [-0.39, 0.29) is 5.97 Å². The molecule has 0 saturated heterocycles. The highest BCUT2D eigenvalue weighted by Gasteiger charge is 2.16. The third kappa shape index (κ3) is 2.78. The molecule has 1 aromatic heterocycles. The van der Waals surface area contributed by atoms with E-state index in [2.05, 4.69) is 28.7 Å². The van der Waals surface area contributed by atoms with E-state index >= 15 is 0 Å². The zero-order valence-corrected chi connectivity index (χ0v) is 14.2. The summed E-state index contributed by atoms with van der Waals surface area (Å²) in [4.78, 5) is 12.0. The topological polar surface area (TPSA) is 31.2 Å². The van der Waals surface area contributed by atoms with Crippen molar-refractivity contribution in [2.45, 2.75) is 0 Å². The normalized spacial score (nSPS) is 11.6. The fourth-order valence-electron chi connectivity index (χ4n) is 2.39. The maximum atomic E-state index is 12.0. The lowest BCUT2D eigenvalue weighted by Gasteiger charge is -2.04. The summed E-state index contributed by atoms with van der Waals surface area (Å²) >= 11 is 2.28. The smallest absolute Gasteiger partial charge is 0.340 e. The van der Waals surface area contributed by atoms with Crippen molar-refractivity contribution in [1.82, 2.24) is 4.57 Å². The molecule has 0 fully saturated rings. The number of fused-ring (bicyclic) bond motifs is 1. The average Bonchev–Trinajstić information content (AvgIpc) is 2.95. The Labute approximate surface area is 142 Å². The van der Waals surface area contributed by atoms with E-state index < -0.39 is 0 Å². The van der Waals surface area contributed by atoms with Crippen molar-refractivity contribution in [1.29, 1.82) is 0 Å². The molecule has 0 saturated carbocycles. The van der Waals surface area contributed by atoms with Gasteiger partial charge in [0, 0.05) is 11.6 Å². The molecule has 3 aromatic rings. The van der Waals surface area contributed by atoms with Crippen molar-refractivity contribution >= 4 is 49.2 Å². The molecule has 4 heteroatoms. The van der Waals surface area contributed by atoms with Gasteiger partial charge in [-0.15, -0.1) is 0 Å². The first-order valence-electron chi connectivity index (χ1n) is 6.81. The standard InChI is InChI=1S/C18H14INO2/c1-22-18(21)15-12-20(16-10-6-5-9-14(15)16)17(19)11-13-7-3-2-4-8-13/h2-12H,1H3/b17-11-. The molecule has 110 valence electrons. The Bertz CT molecular complexity index is 850. The summed E-state index contributed by atoms with van der Waals surface area (Å²) in [6.45, 7) is 0. The van der Waals surface area contributed by atoms with Crippen LogP contribution in [0, 0.1) is 0 Å². The van der Waals surface area contributed by atoms with Gasteiger partial charge < -0.3 is 9.30 Å². The van der Waals surface area contributed by atoms with Crippen LogP contribution in [0.25, 0.3) is 20.7 Å². The summed E-state index contributed by atoms with van der Waals surface area (Å²) in [5.74, 6) is -0.320. The van der Waals surface area contributed by atoms with Gasteiger partial charge in [-0.3, -0.25) is 0 Å². The Kier molecular flexibility index (Phi) is 4.29. The van der Waals surface area contributed by atoms with Gasteiger partial charge in [-0.1, -0.05) is 48.5 Å². The van der Waals surface area contributed by atoms with Gasteiger partial charge in [0.25, 0.3) is 0 Å². The Hall–Kier alpha value is -2.08. The summed E-state index contributed by atoms with van der Waals surface area (Å²) in [6.07, 6.45) is 3.91. The molecule has 0 amide bonds. The van der Waals surface area contributed by atoms with Crippen LogP contribution in [-0.2, 0) is 4.74 Å². The molecule has 0 unspecified atom stereocenters. The van der Waals surface area contributed by atoms with Crippen molar-refractivity contribution in [3.8, 4) is 0 Å². The first-order chi connectivity index (χ1) is 10.7. The average molecular weight is 403 g/mol. The van der Waals surface area contributed by atoms with Crippen LogP contribution in [-0.4, -0.2) is 17.6 Å². The highest BCUT2D eigenvalue weighted by molar-refractivity contribution is 14.1. The van der Waals surface area contributed by atoms with Crippen LogP contribution in [0.4, 0.5) is 0 Å². The second kappa shape index (κ2) is 6.36. The van der Waals surface area contributed by atoms with E-state index in [9.17, 15) is 4.79 Å². The van der Waals surface area contributed by atoms with Crippen LogP contribution < -0.4 is 0 Å². The fourth-order valence-corrected chi connectivity index (χ4v) is 3.14. The van der Waals surface area contributed by atoms with E-state index in [0.717, 1.165) is 20.2 Å². The third-order valence-electron chi connectivity index (χ3n) is 3.43. The Morgan fingerprint density at radius 2 is 1.77 bits per heavy atom. The zero-order chi connectivity index (χ0) is 15.5. The minimum absolute atomic E-state index is 0.320. The second-order valence-corrected chi connectivity index (χ2v) is 5.90. The monoisotopic (exact) mass is 403 g/mol. The molecular weight excluding hydrogens is 389 g/mol. The van der Waals surface area contributed by atoms with Crippen molar-refractivity contribution in [3.05, 3.63) is 71.9 Å². The van der Waals surface area contributed by atoms with Crippen LogP contribution >= 0.6 is 22.6 Å². The van der Waals surface area contributed by atoms with Gasteiger partial charge >= 0.3 is 5.97 Å². The summed E-state index contributed by atoms with van der Waals surface area (Å²) in [6, 6.07) is 17.9. The number of methoxy groups -OCH3 is 1. The Balaban J connectivity index is 2.15. The molecule has 2 aromatic carbocycles. The van der Waals surface area contributed by atoms with Crippen molar-refractivity contribution in [2.75, 3.05) is 7.11 Å². The number of esters is 1. The number of nitrogens with zero attached hydrogens (tertiary/aromatic N) is 1. The first-order valence-corrected chi connectivity index (χ1v) is 7.89. The molecule has 0 N–H and O–H groups in total. The van der Waals surface area contributed by atoms with Crippen molar-refractivity contribution < 1.29 is 9.53 Å². The molecule has 3 nitrogen and oxygen atoms in total. The summed E-state index contributed by atoms with van der Waals surface area (Å²) in [7, 11) is 1.40. The van der Waals surface area contributed by atoms with Crippen LogP contribution in [0.3, 0.4) is 0 Å². The number of hydrogen-bond donors (Lipinski definition) is 0. The van der Waals surface area contributed by atoms with Gasteiger partial charge in [0.1, 0.15) is 0 Å². The quantitative estimate of drug-likeness (QED) is 0.464. The number of aromatic nitrogens is 1. The number of rotatable bonds is 3. The van der Waals surface area contributed by atoms with Crippen molar-refractivity contribution in [3.63, 3.8) is 0 Å². The summed E-state index contributed by atoms with van der Waals surface area (Å²) in [5.41, 5.74) is 2.68. The lowest BCUT2D eigenvalue weighted by molar-refractivity contribution is 0.0603. The fraction of sp³-hybridized carbons (Fsp3) is 0.0556. The number of para-hydroxylation sites is 1. The van der Waals surface area contributed by atoms with Crippen LogP contribution in [0.15, 0.2) is 60.8 Å². The van der Waals surface area contributed by atoms with Gasteiger partial charge in [0.05, 0.1) is 21.9 Å². The molecule has 0 radical (unpaired) electrons. The number of carbonyl (C=O) groups is 1. The molecule has 0 spiro atoms. The maximum Gasteiger partial charge on any atom is 0.340 e. The molecule has 1 heterocycles. The van der Waals surface area contributed by atoms with E-state index in [1.54, 1.807) is 0 Å². The largest absolute Gasteiger partial charge is 0.465 e. The van der Waals surface area contributed by atoms with Crippen LogP contribution in [0.1, 0.15) is 15.9 Å². The lowest BCUT2D eigenvalue weighted by atomic mass is 10.2. The van der Waals surface area contributed by atoms with Crippen molar-refractivity contribution in [2.24, 2.45) is 0 Å². The van der Waals surface area contributed by atoms with Gasteiger partial charge in [0.2, 0.25) is 0 Å². The molecule has 0 atom stereocenters. The van der Waals surface area contributed by atoms with Gasteiger partial charge in [-0.25, -0.2) is 4.79 Å². The number of halogens is 1. The molecule has 22 heavy (non-hydrogen) atoms. The summed E-state index contributed by atoms with van der Waals surface area (Å²) < 4.78 is 7.90. The van der Waals surface area contributed by atoms with Crippen LogP contribution in [0.5, 0.6) is 0 Å². The zero-order valence-electron chi connectivity index (χ0n) is 12.0. The predicted octanol–water partition coefficient (Wildman–Crippen LogP) is 4.82.